The molecule has 1 aliphatic rings. The van der Waals surface area contributed by atoms with Crippen molar-refractivity contribution in [3.63, 3.8) is 0 Å². The van der Waals surface area contributed by atoms with Crippen molar-refractivity contribution in [2.45, 2.75) is 30.9 Å². The van der Waals surface area contributed by atoms with Crippen molar-refractivity contribution in [2.24, 2.45) is 5.92 Å². The summed E-state index contributed by atoms with van der Waals surface area (Å²) in [5.41, 5.74) is 0.954. The third-order valence-electron chi connectivity index (χ3n) is 6.87. The molecule has 12 heteroatoms. The number of nitrogens with zero attached hydrogens (tertiary/aromatic N) is 2. The lowest BCUT2D eigenvalue weighted by atomic mass is 9.99. The van der Waals surface area contributed by atoms with E-state index >= 15 is 0 Å². The van der Waals surface area contributed by atoms with E-state index in [0.717, 1.165) is 0 Å². The van der Waals surface area contributed by atoms with E-state index in [1.54, 1.807) is 31.0 Å². The van der Waals surface area contributed by atoms with Crippen molar-refractivity contribution in [3.8, 4) is 5.75 Å². The van der Waals surface area contributed by atoms with Crippen LogP contribution in [0.4, 0.5) is 16.2 Å². The molecule has 1 aliphatic heterocycles. The van der Waals surface area contributed by atoms with Gasteiger partial charge in [-0.25, -0.2) is 13.2 Å². The number of ether oxygens (including phenoxy) is 1. The molecule has 0 aliphatic carbocycles. The maximum absolute atomic E-state index is 13.7. The van der Waals surface area contributed by atoms with Crippen LogP contribution in [0.25, 0.3) is 0 Å². The number of hydrogen-bond donors (Lipinski definition) is 3. The van der Waals surface area contributed by atoms with E-state index in [-0.39, 0.29) is 53.5 Å². The topological polar surface area (TPSA) is 128 Å². The molecule has 1 heterocycles. The number of rotatable bonds is 8. The molecular weight excluding hydrogens is 568 g/mol. The van der Waals surface area contributed by atoms with Gasteiger partial charge in [-0.1, -0.05) is 36.7 Å². The van der Waals surface area contributed by atoms with Crippen LogP contribution >= 0.6 is 11.6 Å². The zero-order valence-corrected chi connectivity index (χ0v) is 24.5. The van der Waals surface area contributed by atoms with Crippen LogP contribution < -0.4 is 14.8 Å². The number of aliphatic hydroxyl groups is 1. The van der Waals surface area contributed by atoms with Gasteiger partial charge in [-0.15, -0.1) is 0 Å². The molecule has 41 heavy (non-hydrogen) atoms. The number of para-hydroxylation sites is 1. The molecule has 0 bridgehead atoms. The number of anilines is 2. The number of fused-ring (bicyclic) bond motifs is 1. The molecule has 218 valence electrons. The minimum Gasteiger partial charge on any atom is -0.487 e. The van der Waals surface area contributed by atoms with Gasteiger partial charge in [-0.2, -0.15) is 0 Å². The number of carbonyl (C=O) groups is 2. The van der Waals surface area contributed by atoms with Gasteiger partial charge < -0.3 is 25.0 Å². The molecule has 0 unspecified atom stereocenters. The largest absolute Gasteiger partial charge is 0.487 e. The Balaban J connectivity index is 1.62. The maximum atomic E-state index is 13.7. The number of halogens is 1. The van der Waals surface area contributed by atoms with E-state index in [0.29, 0.717) is 10.7 Å². The van der Waals surface area contributed by atoms with Crippen LogP contribution in [0.15, 0.2) is 77.7 Å². The van der Waals surface area contributed by atoms with E-state index in [9.17, 15) is 23.1 Å². The summed E-state index contributed by atoms with van der Waals surface area (Å²) >= 11 is 5.89. The number of urea groups is 1. The van der Waals surface area contributed by atoms with Crippen molar-refractivity contribution < 1.29 is 27.9 Å². The van der Waals surface area contributed by atoms with Crippen LogP contribution in [0.1, 0.15) is 24.2 Å². The minimum absolute atomic E-state index is 0.0115. The minimum atomic E-state index is -3.96. The number of hydrogen-bond acceptors (Lipinski definition) is 6. The predicted octanol–water partition coefficient (Wildman–Crippen LogP) is 4.52. The first-order chi connectivity index (χ1) is 19.5. The molecule has 3 atom stereocenters. The van der Waals surface area contributed by atoms with E-state index in [1.807, 2.05) is 25.1 Å². The molecule has 0 saturated carbocycles. The van der Waals surface area contributed by atoms with Crippen LogP contribution in [0, 0.1) is 5.92 Å². The third-order valence-corrected chi connectivity index (χ3v) is 8.52. The Bertz CT molecular complexity index is 1490. The lowest BCUT2D eigenvalue weighted by Gasteiger charge is -2.38. The smallest absolute Gasteiger partial charge is 0.321 e. The number of benzene rings is 3. The number of aliphatic hydroxyl groups excluding tert-OH is 1. The second kappa shape index (κ2) is 12.8. The van der Waals surface area contributed by atoms with Crippen molar-refractivity contribution in [2.75, 3.05) is 36.8 Å². The standard InChI is InChI=1S/C29H33ClN4O6S/c1-19-16-34(20(2)18-35)28(36)25-15-23(32-41(38,39)24-12-9-21(30)10-13-24)11-14-26(25)40-27(19)17-33(3)29(37)31-22-7-5-4-6-8-22/h4-15,19-20,27,32,35H,16-18H2,1-3H3,(H,31,37)/t19-,20+,27+/m0/s1. The SMILES string of the molecule is C[C@H](CO)N1C[C@H](C)[C@@H](CN(C)C(=O)Nc2ccccc2)Oc2ccc(NS(=O)(=O)c3ccc(Cl)cc3)cc2C1=O. The number of likely N-dealkylation sites (N-methyl/N-ethyl adjacent to an activating group) is 1. The molecule has 0 radical (unpaired) electrons. The molecule has 3 N–H and O–H groups in total. The highest BCUT2D eigenvalue weighted by Crippen LogP contribution is 2.31. The third kappa shape index (κ3) is 7.29. The van der Waals surface area contributed by atoms with Crippen molar-refractivity contribution >= 4 is 44.9 Å². The van der Waals surface area contributed by atoms with Gasteiger partial charge in [0.1, 0.15) is 11.9 Å². The molecule has 0 spiro atoms. The lowest BCUT2D eigenvalue weighted by Crippen LogP contribution is -2.50. The summed E-state index contributed by atoms with van der Waals surface area (Å²) in [6.45, 7) is 3.84. The van der Waals surface area contributed by atoms with Gasteiger partial charge in [0.25, 0.3) is 15.9 Å². The molecule has 4 rings (SSSR count). The van der Waals surface area contributed by atoms with Crippen LogP contribution in [0.3, 0.4) is 0 Å². The van der Waals surface area contributed by atoms with Crippen LogP contribution in [0.2, 0.25) is 5.02 Å². The van der Waals surface area contributed by atoms with Crippen molar-refractivity contribution in [3.05, 3.63) is 83.4 Å². The van der Waals surface area contributed by atoms with Crippen LogP contribution in [0.5, 0.6) is 5.75 Å². The first-order valence-electron chi connectivity index (χ1n) is 13.1. The van der Waals surface area contributed by atoms with Gasteiger partial charge in [-0.05, 0) is 61.5 Å². The molecule has 3 aromatic rings. The van der Waals surface area contributed by atoms with Crippen molar-refractivity contribution in [1.82, 2.24) is 9.80 Å². The Morgan fingerprint density at radius 2 is 1.80 bits per heavy atom. The second-order valence-electron chi connectivity index (χ2n) is 10.1. The first kappa shape index (κ1) is 30.2. The number of sulfonamides is 1. The molecule has 3 aromatic carbocycles. The zero-order chi connectivity index (χ0) is 29.7. The maximum Gasteiger partial charge on any atom is 0.321 e. The molecule has 10 nitrogen and oxygen atoms in total. The summed E-state index contributed by atoms with van der Waals surface area (Å²) in [6.07, 6.45) is -0.515. The lowest BCUT2D eigenvalue weighted by molar-refractivity contribution is 0.0371. The fourth-order valence-electron chi connectivity index (χ4n) is 4.42. The fraction of sp³-hybridized carbons (Fsp3) is 0.310. The highest BCUT2D eigenvalue weighted by molar-refractivity contribution is 7.92. The van der Waals surface area contributed by atoms with Gasteiger partial charge >= 0.3 is 6.03 Å². The number of carbonyl (C=O) groups excluding carboxylic acids is 2. The normalized spacial score (nSPS) is 17.9. The van der Waals surface area contributed by atoms with Crippen LogP contribution in [-0.4, -0.2) is 74.2 Å². The van der Waals surface area contributed by atoms with E-state index in [1.165, 1.54) is 47.4 Å². The quantitative estimate of drug-likeness (QED) is 0.349. The Hall–Kier alpha value is -3.80. The Kier molecular flexibility index (Phi) is 9.42. The van der Waals surface area contributed by atoms with Crippen LogP contribution in [-0.2, 0) is 10.0 Å². The number of nitrogens with one attached hydrogen (secondary N) is 2. The molecular formula is C29H33ClN4O6S. The van der Waals surface area contributed by atoms with Gasteiger partial charge in [-0.3, -0.25) is 9.52 Å². The van der Waals surface area contributed by atoms with Crippen molar-refractivity contribution in [1.29, 1.82) is 0 Å². The Morgan fingerprint density at radius 1 is 1.12 bits per heavy atom. The van der Waals surface area contributed by atoms with E-state index in [4.69, 9.17) is 16.3 Å². The van der Waals surface area contributed by atoms with Gasteiger partial charge in [0, 0.05) is 35.9 Å². The van der Waals surface area contributed by atoms with Gasteiger partial charge in [0.05, 0.1) is 29.7 Å². The summed E-state index contributed by atoms with van der Waals surface area (Å²) in [4.78, 5) is 29.6. The molecule has 0 fully saturated rings. The number of amides is 3. The summed E-state index contributed by atoms with van der Waals surface area (Å²) < 4.78 is 34.7. The first-order valence-corrected chi connectivity index (χ1v) is 14.9. The highest BCUT2D eigenvalue weighted by Gasteiger charge is 2.34. The molecule has 0 saturated heterocycles. The van der Waals surface area contributed by atoms with Gasteiger partial charge in [0.2, 0.25) is 0 Å². The molecule has 0 aromatic heterocycles. The van der Waals surface area contributed by atoms with E-state index < -0.39 is 28.1 Å². The molecule has 3 amide bonds. The van der Waals surface area contributed by atoms with E-state index in [2.05, 4.69) is 10.0 Å². The summed E-state index contributed by atoms with van der Waals surface area (Å²) in [7, 11) is -2.31. The predicted molar refractivity (Wildman–Crippen MR) is 158 cm³/mol. The monoisotopic (exact) mass is 600 g/mol. The average molecular weight is 601 g/mol. The average Bonchev–Trinajstić information content (AvgIpc) is 2.95. The summed E-state index contributed by atoms with van der Waals surface area (Å²) in [5, 5.41) is 13.1. The van der Waals surface area contributed by atoms with Gasteiger partial charge in [0.15, 0.2) is 0 Å². The Labute approximate surface area is 244 Å². The summed E-state index contributed by atoms with van der Waals surface area (Å²) in [5.74, 6) is -0.376. The highest BCUT2D eigenvalue weighted by atomic mass is 35.5. The summed E-state index contributed by atoms with van der Waals surface area (Å²) in [6, 6.07) is 18.4. The fourth-order valence-corrected chi connectivity index (χ4v) is 5.60. The zero-order valence-electron chi connectivity index (χ0n) is 23.0. The second-order valence-corrected chi connectivity index (χ2v) is 12.2. The Morgan fingerprint density at radius 3 is 2.46 bits per heavy atom.